The Hall–Kier alpha value is -5.18. The van der Waals surface area contributed by atoms with Crippen LogP contribution in [0, 0.1) is 22.9 Å². The summed E-state index contributed by atoms with van der Waals surface area (Å²) in [4.78, 5) is 45.8. The molecular weight excluding hydrogens is 535 g/mol. The molecule has 9 heteroatoms. The van der Waals surface area contributed by atoms with E-state index in [0.29, 0.717) is 40.8 Å². The average molecular weight is 565 g/mol. The Bertz CT molecular complexity index is 1820. The summed E-state index contributed by atoms with van der Waals surface area (Å²) in [5.74, 6) is -0.556. The smallest absolute Gasteiger partial charge is 0.273 e. The standard InChI is InChI=1S/C33H29FN4O4/c1-3-29(31-35-28-12-8-7-11-27(28)33(40)37(31)26-17-15-25(34)16-18-26)36(20-19-23-9-5-4-6-10-23)32(39)24-14-13-22(2)30(21-24)38(41)42/h4-18,21,29H,3,19-20H2,1-2H3. The minimum atomic E-state index is -0.691. The number of benzene rings is 4. The molecule has 1 heterocycles. The van der Waals surface area contributed by atoms with Gasteiger partial charge in [-0.2, -0.15) is 0 Å². The van der Waals surface area contributed by atoms with Crippen molar-refractivity contribution in [3.8, 4) is 5.69 Å². The zero-order valence-corrected chi connectivity index (χ0v) is 23.2. The van der Waals surface area contributed by atoms with Gasteiger partial charge < -0.3 is 4.90 Å². The molecule has 1 amide bonds. The Kier molecular flexibility index (Phi) is 8.19. The molecule has 4 aromatic carbocycles. The number of rotatable bonds is 9. The highest BCUT2D eigenvalue weighted by atomic mass is 19.1. The second-order valence-electron chi connectivity index (χ2n) is 10.0. The fourth-order valence-corrected chi connectivity index (χ4v) is 5.15. The number of aryl methyl sites for hydroxylation is 1. The molecule has 42 heavy (non-hydrogen) atoms. The average Bonchev–Trinajstić information content (AvgIpc) is 3.00. The van der Waals surface area contributed by atoms with E-state index in [1.807, 2.05) is 37.3 Å². The van der Waals surface area contributed by atoms with Crippen LogP contribution in [0.3, 0.4) is 0 Å². The van der Waals surface area contributed by atoms with E-state index in [1.165, 1.54) is 34.9 Å². The highest BCUT2D eigenvalue weighted by Gasteiger charge is 2.30. The van der Waals surface area contributed by atoms with Crippen molar-refractivity contribution in [3.05, 3.63) is 146 Å². The second-order valence-corrected chi connectivity index (χ2v) is 10.0. The van der Waals surface area contributed by atoms with Gasteiger partial charge in [0.2, 0.25) is 0 Å². The van der Waals surface area contributed by atoms with Crippen molar-refractivity contribution in [1.29, 1.82) is 0 Å². The van der Waals surface area contributed by atoms with Gasteiger partial charge in [0.25, 0.3) is 17.2 Å². The molecule has 0 saturated carbocycles. The molecule has 8 nitrogen and oxygen atoms in total. The van der Waals surface area contributed by atoms with E-state index >= 15 is 0 Å². The number of fused-ring (bicyclic) bond motifs is 1. The van der Waals surface area contributed by atoms with Crippen molar-refractivity contribution < 1.29 is 14.1 Å². The SMILES string of the molecule is CCC(c1nc2ccccc2c(=O)n1-c1ccc(F)cc1)N(CCc1ccccc1)C(=O)c1ccc(C)c([N+](=O)[O-])c1. The Morgan fingerprint density at radius 2 is 1.69 bits per heavy atom. The van der Waals surface area contributed by atoms with E-state index in [9.17, 15) is 24.1 Å². The third kappa shape index (κ3) is 5.67. The lowest BCUT2D eigenvalue weighted by molar-refractivity contribution is -0.385. The summed E-state index contributed by atoms with van der Waals surface area (Å²) in [6.07, 6.45) is 0.895. The molecule has 0 saturated heterocycles. The van der Waals surface area contributed by atoms with Crippen molar-refractivity contribution >= 4 is 22.5 Å². The Morgan fingerprint density at radius 1 is 1.00 bits per heavy atom. The summed E-state index contributed by atoms with van der Waals surface area (Å²) in [6, 6.07) is 25.9. The molecule has 0 fully saturated rings. The molecule has 0 aliphatic rings. The summed E-state index contributed by atoms with van der Waals surface area (Å²) in [7, 11) is 0. The molecule has 0 spiro atoms. The van der Waals surface area contributed by atoms with E-state index in [-0.39, 0.29) is 23.4 Å². The zero-order valence-electron chi connectivity index (χ0n) is 23.2. The van der Waals surface area contributed by atoms with Crippen molar-refractivity contribution in [3.63, 3.8) is 0 Å². The van der Waals surface area contributed by atoms with E-state index in [0.717, 1.165) is 5.56 Å². The monoisotopic (exact) mass is 564 g/mol. The molecule has 0 bridgehead atoms. The number of halogens is 1. The maximum absolute atomic E-state index is 14.2. The highest BCUT2D eigenvalue weighted by molar-refractivity contribution is 5.95. The summed E-state index contributed by atoms with van der Waals surface area (Å²) in [5.41, 5.74) is 2.00. The van der Waals surface area contributed by atoms with Gasteiger partial charge in [-0.25, -0.2) is 9.37 Å². The first kappa shape index (κ1) is 28.4. The Morgan fingerprint density at radius 3 is 2.38 bits per heavy atom. The van der Waals surface area contributed by atoms with Gasteiger partial charge in [0, 0.05) is 23.7 Å². The summed E-state index contributed by atoms with van der Waals surface area (Å²) >= 11 is 0. The molecule has 0 aliphatic carbocycles. The third-order valence-corrected chi connectivity index (χ3v) is 7.35. The molecule has 1 aromatic heterocycles. The van der Waals surface area contributed by atoms with Crippen molar-refractivity contribution in [2.75, 3.05) is 6.54 Å². The highest BCUT2D eigenvalue weighted by Crippen LogP contribution is 2.29. The number of carbonyl (C=O) groups excluding carboxylic acids is 1. The molecule has 0 radical (unpaired) electrons. The van der Waals surface area contributed by atoms with Crippen LogP contribution in [0.5, 0.6) is 0 Å². The molecule has 0 N–H and O–H groups in total. The van der Waals surface area contributed by atoms with Gasteiger partial charge in [-0.15, -0.1) is 0 Å². The van der Waals surface area contributed by atoms with E-state index < -0.39 is 22.7 Å². The molecule has 212 valence electrons. The summed E-state index contributed by atoms with van der Waals surface area (Å²) in [6.45, 7) is 3.77. The predicted octanol–water partition coefficient (Wildman–Crippen LogP) is 6.58. The minimum Gasteiger partial charge on any atom is -0.328 e. The molecule has 0 aliphatic heterocycles. The van der Waals surface area contributed by atoms with Crippen LogP contribution in [0.2, 0.25) is 0 Å². The fourth-order valence-electron chi connectivity index (χ4n) is 5.15. The summed E-state index contributed by atoms with van der Waals surface area (Å²) < 4.78 is 15.3. The number of aromatic nitrogens is 2. The van der Waals surface area contributed by atoms with Crippen molar-refractivity contribution in [1.82, 2.24) is 14.5 Å². The lowest BCUT2D eigenvalue weighted by Crippen LogP contribution is -2.39. The van der Waals surface area contributed by atoms with Crippen molar-refractivity contribution in [2.45, 2.75) is 32.7 Å². The van der Waals surface area contributed by atoms with Crippen LogP contribution in [0.1, 0.15) is 46.7 Å². The van der Waals surface area contributed by atoms with E-state index in [2.05, 4.69) is 0 Å². The van der Waals surface area contributed by atoms with Crippen LogP contribution in [-0.2, 0) is 6.42 Å². The van der Waals surface area contributed by atoms with Gasteiger partial charge in [-0.05, 0) is 67.8 Å². The number of hydrogen-bond donors (Lipinski definition) is 0. The van der Waals surface area contributed by atoms with Gasteiger partial charge in [-0.3, -0.25) is 24.3 Å². The molecule has 1 unspecified atom stereocenters. The number of hydrogen-bond acceptors (Lipinski definition) is 5. The number of nitrogens with zero attached hydrogens (tertiary/aromatic N) is 4. The third-order valence-electron chi connectivity index (χ3n) is 7.35. The fraction of sp³-hybridized carbons (Fsp3) is 0.182. The second kappa shape index (κ2) is 12.1. The number of para-hydroxylation sites is 1. The van der Waals surface area contributed by atoms with E-state index in [4.69, 9.17) is 4.98 Å². The van der Waals surface area contributed by atoms with Crippen LogP contribution in [0.25, 0.3) is 16.6 Å². The van der Waals surface area contributed by atoms with Crippen LogP contribution in [-0.4, -0.2) is 31.8 Å². The lowest BCUT2D eigenvalue weighted by atomic mass is 10.0. The zero-order chi connectivity index (χ0) is 29.8. The van der Waals surface area contributed by atoms with Gasteiger partial charge in [-0.1, -0.05) is 55.5 Å². The Balaban J connectivity index is 1.69. The number of amides is 1. The van der Waals surface area contributed by atoms with Gasteiger partial charge in [0.15, 0.2) is 0 Å². The topological polar surface area (TPSA) is 98.3 Å². The number of carbonyl (C=O) groups is 1. The minimum absolute atomic E-state index is 0.149. The maximum atomic E-state index is 14.2. The maximum Gasteiger partial charge on any atom is 0.273 e. The predicted molar refractivity (Wildman–Crippen MR) is 159 cm³/mol. The van der Waals surface area contributed by atoms with E-state index in [1.54, 1.807) is 48.2 Å². The van der Waals surface area contributed by atoms with Crippen molar-refractivity contribution in [2.24, 2.45) is 0 Å². The van der Waals surface area contributed by atoms with Crippen LogP contribution < -0.4 is 5.56 Å². The Labute approximate surface area is 241 Å². The molecular formula is C33H29FN4O4. The largest absolute Gasteiger partial charge is 0.328 e. The number of nitro benzene ring substituents is 1. The lowest BCUT2D eigenvalue weighted by Gasteiger charge is -2.32. The first-order valence-electron chi connectivity index (χ1n) is 13.7. The molecule has 1 atom stereocenters. The first-order valence-corrected chi connectivity index (χ1v) is 13.7. The van der Waals surface area contributed by atoms with Gasteiger partial charge >= 0.3 is 0 Å². The number of nitro groups is 1. The quantitative estimate of drug-likeness (QED) is 0.149. The normalized spacial score (nSPS) is 11.8. The van der Waals surface area contributed by atoms with Crippen LogP contribution in [0.4, 0.5) is 10.1 Å². The van der Waals surface area contributed by atoms with Crippen LogP contribution >= 0.6 is 0 Å². The molecule has 5 aromatic rings. The van der Waals surface area contributed by atoms with Crippen LogP contribution in [0.15, 0.2) is 102 Å². The molecule has 5 rings (SSSR count). The van der Waals surface area contributed by atoms with Gasteiger partial charge in [0.05, 0.1) is 27.6 Å². The van der Waals surface area contributed by atoms with Gasteiger partial charge in [0.1, 0.15) is 11.6 Å². The first-order chi connectivity index (χ1) is 20.3. The summed E-state index contributed by atoms with van der Waals surface area (Å²) in [5, 5.41) is 12.1.